The molecule has 0 radical (unpaired) electrons. The van der Waals surface area contributed by atoms with Crippen molar-refractivity contribution in [1.82, 2.24) is 16.0 Å². The van der Waals surface area contributed by atoms with Gasteiger partial charge in [0.2, 0.25) is 0 Å². The van der Waals surface area contributed by atoms with E-state index in [0.717, 1.165) is 57.0 Å². The predicted octanol–water partition coefficient (Wildman–Crippen LogP) is 14.1. The molecule has 8 aromatic rings. The molecule has 0 spiro atoms. The molecule has 8 N–H and O–H groups in total. The summed E-state index contributed by atoms with van der Waals surface area (Å²) in [6.07, 6.45) is -3.17. The fourth-order valence-electron chi connectivity index (χ4n) is 12.1. The first-order chi connectivity index (χ1) is 49.7. The van der Waals surface area contributed by atoms with Crippen molar-refractivity contribution in [2.75, 3.05) is 79.5 Å². The van der Waals surface area contributed by atoms with E-state index in [-0.39, 0.29) is 90.9 Å². The Kier molecular flexibility index (Phi) is 29.3. The molecule has 105 heavy (non-hydrogen) atoms. The predicted molar refractivity (Wildman–Crippen MR) is 417 cm³/mol. The van der Waals surface area contributed by atoms with Crippen LogP contribution in [-0.4, -0.2) is 148 Å². The van der Waals surface area contributed by atoms with E-state index in [1.54, 1.807) is 7.05 Å². The smallest absolute Gasteiger partial charge is 0.139 e. The van der Waals surface area contributed by atoms with Crippen LogP contribution in [0.15, 0.2) is 194 Å². The van der Waals surface area contributed by atoms with Gasteiger partial charge in [0.15, 0.2) is 0 Å². The van der Waals surface area contributed by atoms with Crippen LogP contribution in [0.4, 0.5) is 0 Å². The molecule has 1 aliphatic rings. The Morgan fingerprint density at radius 2 is 0.571 bits per heavy atom. The zero-order valence-corrected chi connectivity index (χ0v) is 64.7. The van der Waals surface area contributed by atoms with Crippen molar-refractivity contribution < 1.29 is 68.2 Å². The van der Waals surface area contributed by atoms with Gasteiger partial charge in [-0.3, -0.25) is 10.6 Å². The summed E-state index contributed by atoms with van der Waals surface area (Å²) in [5.74, 6) is 5.69. The largest absolute Gasteiger partial charge is 0.491 e. The average Bonchev–Trinajstić information content (AvgIpc) is 1.40. The van der Waals surface area contributed by atoms with Gasteiger partial charge in [0.05, 0.1) is 6.10 Å². The minimum atomic E-state index is -0.807. The van der Waals surface area contributed by atoms with E-state index in [9.17, 15) is 25.5 Å². The SMILES string of the molecule is CCNC(O)COc1ccc(C(C)(C)c2ccc(OCC(O)COc3ccc(C(C)(C)c4ccc(OCC(O)CNCC(C)(C)C)cc4)cc3)cc2)cc1.CNC(O)COc1ccc(C(C)(C)c2ccc(OCC(O)COc3ccc(C(C)(C)c4ccc(OCC5OC5C(C)(C)C)cc4)cc3)cc2)cc1. The number of epoxide rings is 1. The highest BCUT2D eigenvalue weighted by molar-refractivity contribution is 5.46. The molecule has 0 aromatic heterocycles. The molecule has 0 saturated carbocycles. The molecule has 0 aliphatic carbocycles. The van der Waals surface area contributed by atoms with Crippen molar-refractivity contribution in [2.45, 2.75) is 168 Å². The quantitative estimate of drug-likeness (QED) is 0.0133. The summed E-state index contributed by atoms with van der Waals surface area (Å²) in [5.41, 5.74) is 8.44. The Morgan fingerprint density at radius 3 is 0.800 bits per heavy atom. The summed E-state index contributed by atoms with van der Waals surface area (Å²) in [7, 11) is 1.68. The van der Waals surface area contributed by atoms with Gasteiger partial charge in [-0.1, -0.05) is 201 Å². The van der Waals surface area contributed by atoms with Crippen molar-refractivity contribution in [3.8, 4) is 46.0 Å². The Bertz CT molecular complexity index is 3830. The van der Waals surface area contributed by atoms with Gasteiger partial charge in [-0.15, -0.1) is 0 Å². The van der Waals surface area contributed by atoms with E-state index in [1.165, 1.54) is 5.56 Å². The van der Waals surface area contributed by atoms with Gasteiger partial charge in [0, 0.05) is 34.7 Å². The van der Waals surface area contributed by atoms with Crippen LogP contribution in [0, 0.1) is 10.8 Å². The van der Waals surface area contributed by atoms with E-state index in [1.807, 2.05) is 165 Å². The van der Waals surface area contributed by atoms with Crippen LogP contribution in [-0.2, 0) is 26.4 Å². The topological polar surface area (TPSA) is 224 Å². The number of nitrogens with one attached hydrogen (secondary N) is 3. The second-order valence-electron chi connectivity index (χ2n) is 31.7. The molecule has 568 valence electrons. The highest BCUT2D eigenvalue weighted by Gasteiger charge is 2.47. The third-order valence-electron chi connectivity index (χ3n) is 19.3. The lowest BCUT2D eigenvalue weighted by Crippen LogP contribution is -2.36. The number of likely N-dealkylation sites (N-methyl/N-ethyl adjacent to an activating group) is 2. The molecule has 8 aromatic carbocycles. The second-order valence-corrected chi connectivity index (χ2v) is 31.7. The lowest BCUT2D eigenvalue weighted by atomic mass is 9.78. The van der Waals surface area contributed by atoms with Crippen LogP contribution in [0.1, 0.15) is 148 Å². The Morgan fingerprint density at radius 1 is 0.333 bits per heavy atom. The first-order valence-electron chi connectivity index (χ1n) is 36.8. The van der Waals surface area contributed by atoms with E-state index in [4.69, 9.17) is 42.6 Å². The molecule has 1 saturated heterocycles. The number of aliphatic hydroxyl groups excluding tert-OH is 5. The van der Waals surface area contributed by atoms with Crippen LogP contribution in [0.5, 0.6) is 46.0 Å². The Balaban J connectivity index is 0.000000266. The van der Waals surface area contributed by atoms with E-state index in [0.29, 0.717) is 54.2 Å². The number of hydrogen-bond donors (Lipinski definition) is 8. The maximum absolute atomic E-state index is 10.6. The second kappa shape index (κ2) is 37.4. The zero-order valence-electron chi connectivity index (χ0n) is 64.7. The van der Waals surface area contributed by atoms with E-state index in [2.05, 4.69) is 149 Å². The van der Waals surface area contributed by atoms with Crippen molar-refractivity contribution >= 4 is 0 Å². The van der Waals surface area contributed by atoms with Gasteiger partial charge < -0.3 is 73.5 Å². The maximum Gasteiger partial charge on any atom is 0.139 e. The lowest BCUT2D eigenvalue weighted by Gasteiger charge is -2.27. The molecule has 17 heteroatoms. The van der Waals surface area contributed by atoms with Crippen LogP contribution < -0.4 is 53.8 Å². The van der Waals surface area contributed by atoms with Gasteiger partial charge >= 0.3 is 0 Å². The minimum absolute atomic E-state index is 0.102. The van der Waals surface area contributed by atoms with Crippen molar-refractivity contribution in [1.29, 1.82) is 0 Å². The number of hydrogen-bond acceptors (Lipinski definition) is 17. The fourth-order valence-corrected chi connectivity index (χ4v) is 12.1. The molecule has 7 unspecified atom stereocenters. The standard InChI is InChI=1S/C45H62N2O7.C43H55NO7/c1-9-47-42(50)30-54-41-24-16-35(17-25-41)45(7,8)34-14-22-40(23-15-34)53-29-37(49)28-52-39-20-12-33(13-21-39)44(5,6)32-10-18-38(19-11-32)51-27-36(48)26-46-31-43(2,3)4;1-41(2,3)40-38(51-40)27-49-36-21-13-31(14-22-36)42(4,5)29-9-17-34(18-10-29)47-25-33(45)26-48-35-19-11-30(12-20-35)43(6,7)32-15-23-37(24-16-32)50-28-39(46)44-8/h10-25,36-37,42,46-50H,9,26-31H2,1-8H3;9-24,33,38-40,44-46H,25-28H2,1-8H3. The number of ether oxygens (including phenoxy) is 9. The first kappa shape index (κ1) is 82.5. The zero-order chi connectivity index (χ0) is 76.2. The van der Waals surface area contributed by atoms with Gasteiger partial charge in [0.25, 0.3) is 0 Å². The summed E-state index contributed by atoms with van der Waals surface area (Å²) in [4.78, 5) is 0. The highest BCUT2D eigenvalue weighted by Crippen LogP contribution is 2.40. The molecule has 0 bridgehead atoms. The van der Waals surface area contributed by atoms with E-state index >= 15 is 0 Å². The lowest BCUT2D eigenvalue weighted by molar-refractivity contribution is 0.0626. The van der Waals surface area contributed by atoms with E-state index < -0.39 is 30.8 Å². The highest BCUT2D eigenvalue weighted by atomic mass is 16.6. The molecule has 0 amide bonds. The molecule has 1 fully saturated rings. The molecular formula is C88H117N3O14. The summed E-state index contributed by atoms with van der Waals surface area (Å²) < 4.78 is 52.5. The normalized spacial score (nSPS) is 15.6. The monoisotopic (exact) mass is 1440 g/mol. The van der Waals surface area contributed by atoms with Crippen molar-refractivity contribution in [3.63, 3.8) is 0 Å². The van der Waals surface area contributed by atoms with Gasteiger partial charge in [-0.2, -0.15) is 0 Å². The Labute approximate surface area is 624 Å². The summed E-state index contributed by atoms with van der Waals surface area (Å²) in [6.45, 7) is 36.0. The third-order valence-corrected chi connectivity index (χ3v) is 19.3. The summed E-state index contributed by atoms with van der Waals surface area (Å²) in [5, 5.41) is 59.9. The van der Waals surface area contributed by atoms with Crippen LogP contribution >= 0.6 is 0 Å². The molecule has 17 nitrogen and oxygen atoms in total. The van der Waals surface area contributed by atoms with Crippen LogP contribution in [0.3, 0.4) is 0 Å². The van der Waals surface area contributed by atoms with Crippen LogP contribution in [0.2, 0.25) is 0 Å². The minimum Gasteiger partial charge on any atom is -0.491 e. The number of rotatable bonds is 38. The van der Waals surface area contributed by atoms with Gasteiger partial charge in [-0.05, 0) is 166 Å². The first-order valence-corrected chi connectivity index (χ1v) is 36.8. The van der Waals surface area contributed by atoms with Gasteiger partial charge in [-0.25, -0.2) is 0 Å². The summed E-state index contributed by atoms with van der Waals surface area (Å²) >= 11 is 0. The fraction of sp³-hybridized carbons (Fsp3) is 0.455. The average molecular weight is 1440 g/mol. The van der Waals surface area contributed by atoms with Gasteiger partial charge in [0.1, 0.15) is 136 Å². The molecule has 1 aliphatic heterocycles. The van der Waals surface area contributed by atoms with Crippen molar-refractivity contribution in [3.05, 3.63) is 239 Å². The molecule has 1 heterocycles. The maximum atomic E-state index is 10.6. The summed E-state index contributed by atoms with van der Waals surface area (Å²) in [6, 6.07) is 64.0. The molecular weight excluding hydrogens is 1320 g/mol. The molecule has 7 atom stereocenters. The number of aliphatic hydroxyl groups is 5. The molecule has 9 rings (SSSR count). The van der Waals surface area contributed by atoms with Crippen molar-refractivity contribution in [2.24, 2.45) is 10.8 Å². The third kappa shape index (κ3) is 25.0. The Hall–Kier alpha value is -8.20. The number of benzene rings is 8. The van der Waals surface area contributed by atoms with Crippen LogP contribution in [0.25, 0.3) is 0 Å².